The molecule has 0 radical (unpaired) electrons. The number of methoxy groups -OCH3 is 1. The number of carbonyl (C=O) groups is 1. The lowest BCUT2D eigenvalue weighted by atomic mass is 10.2. The fraction of sp³-hybridized carbons (Fsp3) is 0.158. The van der Waals surface area contributed by atoms with Crippen LogP contribution in [0.3, 0.4) is 0 Å². The van der Waals surface area contributed by atoms with E-state index in [1.165, 1.54) is 31.5 Å². The van der Waals surface area contributed by atoms with Crippen molar-refractivity contribution in [1.82, 2.24) is 14.9 Å². The molecule has 0 aliphatic heterocycles. The number of amides is 1. The standard InChI is InChI=1S/C19H18F3N7O3S/c1-32-15-6-5-11(7-14(15)30)9-24-26-17-27-28-18(29(17)23)33-10-16(31)25-13-4-2-3-12(8-13)19(20,21)22/h2-9,30H,10,23H2,1H3,(H,25,31)(H,26,27)/b24-9+. The summed E-state index contributed by atoms with van der Waals surface area (Å²) >= 11 is 0.932. The number of ether oxygens (including phenoxy) is 1. The van der Waals surface area contributed by atoms with Crippen LogP contribution in [0.2, 0.25) is 0 Å². The molecule has 5 N–H and O–H groups in total. The number of anilines is 2. The summed E-state index contributed by atoms with van der Waals surface area (Å²) in [4.78, 5) is 12.1. The van der Waals surface area contributed by atoms with E-state index in [9.17, 15) is 23.1 Å². The second kappa shape index (κ2) is 10.1. The summed E-state index contributed by atoms with van der Waals surface area (Å²) in [5.74, 6) is 5.50. The van der Waals surface area contributed by atoms with Crippen molar-refractivity contribution in [3.63, 3.8) is 0 Å². The van der Waals surface area contributed by atoms with E-state index >= 15 is 0 Å². The van der Waals surface area contributed by atoms with Crippen LogP contribution in [-0.2, 0) is 11.0 Å². The molecule has 0 aliphatic rings. The summed E-state index contributed by atoms with van der Waals surface area (Å²) in [7, 11) is 1.43. The Balaban J connectivity index is 1.54. The Morgan fingerprint density at radius 1 is 1.30 bits per heavy atom. The number of nitrogen functional groups attached to an aromatic ring is 1. The molecule has 0 aliphatic carbocycles. The van der Waals surface area contributed by atoms with Gasteiger partial charge in [0, 0.05) is 5.69 Å². The third-order valence-corrected chi connectivity index (χ3v) is 4.99. The van der Waals surface area contributed by atoms with Crippen molar-refractivity contribution < 1.29 is 27.8 Å². The number of thioether (sulfide) groups is 1. The highest BCUT2D eigenvalue weighted by Crippen LogP contribution is 2.30. The molecule has 0 unspecified atom stereocenters. The Kier molecular flexibility index (Phi) is 7.27. The number of benzene rings is 2. The minimum absolute atomic E-state index is 0.0194. The normalized spacial score (nSPS) is 11.5. The van der Waals surface area contributed by atoms with E-state index in [2.05, 4.69) is 26.0 Å². The van der Waals surface area contributed by atoms with Crippen molar-refractivity contribution in [2.45, 2.75) is 11.3 Å². The molecule has 0 atom stereocenters. The molecule has 14 heteroatoms. The van der Waals surface area contributed by atoms with Gasteiger partial charge in [-0.1, -0.05) is 17.8 Å². The summed E-state index contributed by atoms with van der Waals surface area (Å²) < 4.78 is 44.3. The van der Waals surface area contributed by atoms with Gasteiger partial charge in [0.2, 0.25) is 11.1 Å². The molecule has 3 aromatic rings. The summed E-state index contributed by atoms with van der Waals surface area (Å²) in [5.41, 5.74) is 2.31. The number of phenols is 1. The smallest absolute Gasteiger partial charge is 0.416 e. The summed E-state index contributed by atoms with van der Waals surface area (Å²) in [6.45, 7) is 0. The Morgan fingerprint density at radius 3 is 2.79 bits per heavy atom. The summed E-state index contributed by atoms with van der Waals surface area (Å²) in [6, 6.07) is 9.00. The van der Waals surface area contributed by atoms with Gasteiger partial charge in [0.15, 0.2) is 11.5 Å². The molecule has 174 valence electrons. The van der Waals surface area contributed by atoms with E-state index in [1.807, 2.05) is 0 Å². The van der Waals surface area contributed by atoms with Crippen LogP contribution >= 0.6 is 11.8 Å². The van der Waals surface area contributed by atoms with Gasteiger partial charge in [-0.3, -0.25) is 4.79 Å². The maximum absolute atomic E-state index is 12.8. The zero-order valence-electron chi connectivity index (χ0n) is 17.0. The number of carbonyl (C=O) groups excluding carboxylic acids is 1. The van der Waals surface area contributed by atoms with Crippen LogP contribution in [-0.4, -0.2) is 45.0 Å². The molecular formula is C19H18F3N7O3S. The molecule has 0 saturated carbocycles. The number of alkyl halides is 3. The maximum atomic E-state index is 12.8. The maximum Gasteiger partial charge on any atom is 0.416 e. The number of nitrogens with zero attached hydrogens (tertiary/aromatic N) is 4. The Bertz CT molecular complexity index is 1170. The zero-order valence-corrected chi connectivity index (χ0v) is 17.8. The molecular weight excluding hydrogens is 463 g/mol. The first-order valence-corrected chi connectivity index (χ1v) is 10.1. The molecule has 1 heterocycles. The van der Waals surface area contributed by atoms with E-state index in [-0.39, 0.29) is 28.3 Å². The largest absolute Gasteiger partial charge is 0.504 e. The lowest BCUT2D eigenvalue weighted by Crippen LogP contribution is -2.17. The highest BCUT2D eigenvalue weighted by atomic mass is 32.2. The lowest BCUT2D eigenvalue weighted by molar-refractivity contribution is -0.137. The van der Waals surface area contributed by atoms with Gasteiger partial charge in [-0.15, -0.1) is 10.2 Å². The molecule has 0 bridgehead atoms. The van der Waals surface area contributed by atoms with Crippen LogP contribution in [0.15, 0.2) is 52.7 Å². The van der Waals surface area contributed by atoms with Gasteiger partial charge in [0.25, 0.3) is 5.95 Å². The van der Waals surface area contributed by atoms with Gasteiger partial charge in [0.1, 0.15) is 0 Å². The van der Waals surface area contributed by atoms with Crippen LogP contribution in [0.25, 0.3) is 0 Å². The van der Waals surface area contributed by atoms with Crippen LogP contribution in [0, 0.1) is 0 Å². The first-order chi connectivity index (χ1) is 15.7. The van der Waals surface area contributed by atoms with Crippen LogP contribution < -0.4 is 21.3 Å². The van der Waals surface area contributed by atoms with Gasteiger partial charge < -0.3 is 21.0 Å². The third-order valence-electron chi connectivity index (χ3n) is 4.05. The average Bonchev–Trinajstić information content (AvgIpc) is 3.11. The molecule has 33 heavy (non-hydrogen) atoms. The summed E-state index contributed by atoms with van der Waals surface area (Å²) in [5, 5.41) is 23.9. The number of aromatic nitrogens is 3. The van der Waals surface area contributed by atoms with E-state index in [1.54, 1.807) is 12.1 Å². The molecule has 2 aromatic carbocycles. The van der Waals surface area contributed by atoms with Gasteiger partial charge in [0.05, 0.1) is 24.6 Å². The van der Waals surface area contributed by atoms with Gasteiger partial charge in [-0.05, 0) is 42.0 Å². The Morgan fingerprint density at radius 2 is 2.09 bits per heavy atom. The molecule has 0 saturated heterocycles. The molecule has 1 aromatic heterocycles. The van der Waals surface area contributed by atoms with Crippen LogP contribution in [0.5, 0.6) is 11.5 Å². The van der Waals surface area contributed by atoms with E-state index in [4.69, 9.17) is 10.6 Å². The molecule has 0 spiro atoms. The van der Waals surface area contributed by atoms with Crippen molar-refractivity contribution in [3.8, 4) is 11.5 Å². The second-order valence-electron chi connectivity index (χ2n) is 6.39. The number of halogens is 3. The highest BCUT2D eigenvalue weighted by Gasteiger charge is 2.30. The van der Waals surface area contributed by atoms with Crippen LogP contribution in [0.1, 0.15) is 11.1 Å². The number of hydrogen-bond donors (Lipinski definition) is 4. The van der Waals surface area contributed by atoms with Gasteiger partial charge >= 0.3 is 6.18 Å². The predicted octanol–water partition coefficient (Wildman–Crippen LogP) is 2.90. The number of hydrogen-bond acceptors (Lipinski definition) is 9. The van der Waals surface area contributed by atoms with Crippen molar-refractivity contribution in [1.29, 1.82) is 0 Å². The van der Waals surface area contributed by atoms with E-state index < -0.39 is 17.6 Å². The quantitative estimate of drug-likeness (QED) is 0.167. The first kappa shape index (κ1) is 23.7. The van der Waals surface area contributed by atoms with Crippen molar-refractivity contribution in [3.05, 3.63) is 53.6 Å². The minimum Gasteiger partial charge on any atom is -0.504 e. The zero-order chi connectivity index (χ0) is 24.0. The number of aromatic hydroxyl groups is 1. The van der Waals surface area contributed by atoms with Crippen LogP contribution in [0.4, 0.5) is 24.8 Å². The molecule has 10 nitrogen and oxygen atoms in total. The van der Waals surface area contributed by atoms with Crippen molar-refractivity contribution in [2.75, 3.05) is 29.4 Å². The number of hydrazone groups is 1. The highest BCUT2D eigenvalue weighted by molar-refractivity contribution is 7.99. The minimum atomic E-state index is -4.51. The topological polar surface area (TPSA) is 140 Å². The fourth-order valence-electron chi connectivity index (χ4n) is 2.50. The summed E-state index contributed by atoms with van der Waals surface area (Å²) in [6.07, 6.45) is -3.10. The average molecular weight is 481 g/mol. The lowest BCUT2D eigenvalue weighted by Gasteiger charge is -2.09. The first-order valence-electron chi connectivity index (χ1n) is 9.14. The molecule has 3 rings (SSSR count). The predicted molar refractivity (Wildman–Crippen MR) is 117 cm³/mol. The van der Waals surface area contributed by atoms with E-state index in [0.717, 1.165) is 28.6 Å². The number of nitrogens with one attached hydrogen (secondary N) is 2. The van der Waals surface area contributed by atoms with Crippen molar-refractivity contribution in [2.24, 2.45) is 5.10 Å². The third kappa shape index (κ3) is 6.29. The van der Waals surface area contributed by atoms with Crippen molar-refractivity contribution >= 4 is 35.5 Å². The Hall–Kier alpha value is -3.94. The second-order valence-corrected chi connectivity index (χ2v) is 7.34. The monoisotopic (exact) mass is 481 g/mol. The van der Waals surface area contributed by atoms with Gasteiger partial charge in [-0.25, -0.2) is 10.1 Å². The fourth-order valence-corrected chi connectivity index (χ4v) is 3.16. The Labute approximate surface area is 189 Å². The number of rotatable bonds is 8. The van der Waals surface area contributed by atoms with E-state index in [0.29, 0.717) is 11.3 Å². The number of nitrogens with two attached hydrogens (primary N) is 1. The molecule has 0 fully saturated rings. The SMILES string of the molecule is COc1ccc(/C=N/Nc2nnc(SCC(=O)Nc3cccc(C(F)(F)F)c3)n2N)cc1O. The molecule has 1 amide bonds. The number of phenolic OH excluding ortho intramolecular Hbond substituents is 1. The van der Waals surface area contributed by atoms with Gasteiger partial charge in [-0.2, -0.15) is 18.3 Å².